The van der Waals surface area contributed by atoms with E-state index in [9.17, 15) is 0 Å². The minimum absolute atomic E-state index is 0.263. The molecule has 1 unspecified atom stereocenters. The van der Waals surface area contributed by atoms with Crippen molar-refractivity contribution in [1.82, 2.24) is 10.3 Å². The summed E-state index contributed by atoms with van der Waals surface area (Å²) in [5.41, 5.74) is 2.52. The lowest BCUT2D eigenvalue weighted by atomic mass is 10.1. The zero-order valence-corrected chi connectivity index (χ0v) is 12.7. The van der Waals surface area contributed by atoms with Crippen LogP contribution in [-0.2, 0) is 6.54 Å². The maximum Gasteiger partial charge on any atom is 0.105 e. The molecule has 0 radical (unpaired) electrons. The zero-order chi connectivity index (χ0) is 14.8. The Kier molecular flexibility index (Phi) is 3.76. The van der Waals surface area contributed by atoms with E-state index in [1.54, 1.807) is 0 Å². The van der Waals surface area contributed by atoms with Gasteiger partial charge in [-0.25, -0.2) is 0 Å². The lowest BCUT2D eigenvalue weighted by Crippen LogP contribution is -2.18. The number of hydrogen-bond acceptors (Lipinski definition) is 3. The van der Waals surface area contributed by atoms with E-state index in [-0.39, 0.29) is 6.04 Å². The fourth-order valence-electron chi connectivity index (χ4n) is 2.80. The van der Waals surface area contributed by atoms with Gasteiger partial charge in [-0.05, 0) is 43.9 Å². The van der Waals surface area contributed by atoms with Gasteiger partial charge in [-0.1, -0.05) is 18.2 Å². The van der Waals surface area contributed by atoms with E-state index in [1.165, 1.54) is 21.9 Å². The number of hydrogen-bond donors (Lipinski definition) is 1. The Balaban J connectivity index is 1.79. The van der Waals surface area contributed by atoms with Crippen molar-refractivity contribution in [3.8, 4) is 0 Å². The molecule has 1 N–H and O–H groups in total. The summed E-state index contributed by atoms with van der Waals surface area (Å²) >= 11 is 0. The van der Waals surface area contributed by atoms with Crippen LogP contribution in [-0.4, -0.2) is 4.98 Å². The molecule has 0 saturated carbocycles. The first-order valence-corrected chi connectivity index (χ1v) is 7.27. The van der Waals surface area contributed by atoms with Crippen LogP contribution < -0.4 is 5.32 Å². The van der Waals surface area contributed by atoms with Crippen LogP contribution in [0.1, 0.15) is 35.6 Å². The van der Waals surface area contributed by atoms with Gasteiger partial charge in [0, 0.05) is 35.9 Å². The van der Waals surface area contributed by atoms with Crippen LogP contribution in [0.15, 0.2) is 47.1 Å². The predicted molar refractivity (Wildman–Crippen MR) is 85.2 cm³/mol. The van der Waals surface area contributed by atoms with Gasteiger partial charge in [0.25, 0.3) is 0 Å². The Labute approximate surface area is 125 Å². The van der Waals surface area contributed by atoms with Gasteiger partial charge < -0.3 is 9.73 Å². The molecule has 0 saturated heterocycles. The minimum atomic E-state index is 0.263. The van der Waals surface area contributed by atoms with Crippen molar-refractivity contribution >= 4 is 10.8 Å². The van der Waals surface area contributed by atoms with Crippen molar-refractivity contribution < 1.29 is 4.42 Å². The highest BCUT2D eigenvalue weighted by atomic mass is 16.3. The predicted octanol–water partition coefficient (Wildman–Crippen LogP) is 4.30. The first kappa shape index (κ1) is 13.8. The van der Waals surface area contributed by atoms with Crippen molar-refractivity contribution in [2.45, 2.75) is 33.4 Å². The van der Waals surface area contributed by atoms with Gasteiger partial charge in [0.05, 0.1) is 0 Å². The standard InChI is InChI=1S/C18H20N2O/c1-12-9-18(14(3)21-12)13(2)20-11-16-6-4-5-15-10-19-8-7-17(15)16/h4-10,13,20H,11H2,1-3H3. The first-order chi connectivity index (χ1) is 10.1. The summed E-state index contributed by atoms with van der Waals surface area (Å²) in [4.78, 5) is 4.18. The number of rotatable bonds is 4. The number of furan rings is 1. The quantitative estimate of drug-likeness (QED) is 0.774. The highest BCUT2D eigenvalue weighted by Crippen LogP contribution is 2.23. The summed E-state index contributed by atoms with van der Waals surface area (Å²) < 4.78 is 5.61. The lowest BCUT2D eigenvalue weighted by Gasteiger charge is -2.14. The van der Waals surface area contributed by atoms with Crippen LogP contribution in [0.25, 0.3) is 10.8 Å². The molecule has 0 aliphatic rings. The van der Waals surface area contributed by atoms with Crippen molar-refractivity contribution in [3.05, 3.63) is 65.4 Å². The van der Waals surface area contributed by atoms with Crippen molar-refractivity contribution in [1.29, 1.82) is 0 Å². The van der Waals surface area contributed by atoms with Gasteiger partial charge in [0.2, 0.25) is 0 Å². The number of pyridine rings is 1. The molecule has 2 heterocycles. The lowest BCUT2D eigenvalue weighted by molar-refractivity contribution is 0.490. The number of fused-ring (bicyclic) bond motifs is 1. The first-order valence-electron chi connectivity index (χ1n) is 7.27. The molecule has 0 aliphatic heterocycles. The normalized spacial score (nSPS) is 12.7. The Bertz CT molecular complexity index is 756. The van der Waals surface area contributed by atoms with Crippen molar-refractivity contribution in [2.75, 3.05) is 0 Å². The van der Waals surface area contributed by atoms with Gasteiger partial charge in [-0.2, -0.15) is 0 Å². The highest BCUT2D eigenvalue weighted by Gasteiger charge is 2.12. The molecular formula is C18H20N2O. The average molecular weight is 280 g/mol. The van der Waals surface area contributed by atoms with Gasteiger partial charge >= 0.3 is 0 Å². The maximum absolute atomic E-state index is 5.61. The SMILES string of the molecule is Cc1cc(C(C)NCc2cccc3cnccc23)c(C)o1. The third-order valence-corrected chi connectivity index (χ3v) is 3.92. The molecule has 0 bridgehead atoms. The molecule has 1 aromatic carbocycles. The average Bonchev–Trinajstić information content (AvgIpc) is 2.83. The minimum Gasteiger partial charge on any atom is -0.466 e. The number of aryl methyl sites for hydroxylation is 2. The van der Waals surface area contributed by atoms with E-state index in [4.69, 9.17) is 4.42 Å². The van der Waals surface area contributed by atoms with Crippen LogP contribution in [0.3, 0.4) is 0 Å². The van der Waals surface area contributed by atoms with E-state index in [0.29, 0.717) is 0 Å². The Morgan fingerprint density at radius 3 is 2.86 bits per heavy atom. The monoisotopic (exact) mass is 280 g/mol. The molecule has 21 heavy (non-hydrogen) atoms. The van der Waals surface area contributed by atoms with Crippen molar-refractivity contribution in [2.24, 2.45) is 0 Å². The molecule has 3 heteroatoms. The molecule has 3 rings (SSSR count). The van der Waals surface area contributed by atoms with Crippen LogP contribution in [0, 0.1) is 13.8 Å². The Hall–Kier alpha value is -2.13. The van der Waals surface area contributed by atoms with Gasteiger partial charge in [0.1, 0.15) is 11.5 Å². The summed E-state index contributed by atoms with van der Waals surface area (Å²) in [6.07, 6.45) is 3.75. The van der Waals surface area contributed by atoms with E-state index >= 15 is 0 Å². The van der Waals surface area contributed by atoms with Crippen molar-refractivity contribution in [3.63, 3.8) is 0 Å². The topological polar surface area (TPSA) is 38.1 Å². The zero-order valence-electron chi connectivity index (χ0n) is 12.7. The summed E-state index contributed by atoms with van der Waals surface area (Å²) in [5, 5.41) is 6.02. The summed E-state index contributed by atoms with van der Waals surface area (Å²) in [7, 11) is 0. The number of nitrogens with zero attached hydrogens (tertiary/aromatic N) is 1. The third kappa shape index (κ3) is 2.83. The van der Waals surface area contributed by atoms with E-state index in [2.05, 4.69) is 47.6 Å². The van der Waals surface area contributed by atoms with Crippen LogP contribution in [0.5, 0.6) is 0 Å². The molecule has 0 spiro atoms. The fraction of sp³-hybridized carbons (Fsp3) is 0.278. The molecule has 3 nitrogen and oxygen atoms in total. The second-order valence-corrected chi connectivity index (χ2v) is 5.49. The Morgan fingerprint density at radius 1 is 1.24 bits per heavy atom. The second kappa shape index (κ2) is 5.70. The molecule has 0 aliphatic carbocycles. The number of benzene rings is 1. The van der Waals surface area contributed by atoms with Gasteiger partial charge in [-0.3, -0.25) is 4.98 Å². The smallest absolute Gasteiger partial charge is 0.105 e. The molecule has 108 valence electrons. The molecule has 0 amide bonds. The van der Waals surface area contributed by atoms with Crippen LogP contribution >= 0.6 is 0 Å². The van der Waals surface area contributed by atoms with Crippen LogP contribution in [0.4, 0.5) is 0 Å². The Morgan fingerprint density at radius 2 is 2.10 bits per heavy atom. The molecule has 1 atom stereocenters. The molecule has 0 fully saturated rings. The molecule has 3 aromatic rings. The maximum atomic E-state index is 5.61. The van der Waals surface area contributed by atoms with E-state index < -0.39 is 0 Å². The number of aromatic nitrogens is 1. The largest absolute Gasteiger partial charge is 0.466 e. The second-order valence-electron chi connectivity index (χ2n) is 5.49. The number of nitrogens with one attached hydrogen (secondary N) is 1. The molecule has 2 aromatic heterocycles. The molecular weight excluding hydrogens is 260 g/mol. The fourth-order valence-corrected chi connectivity index (χ4v) is 2.80. The summed E-state index contributed by atoms with van der Waals surface area (Å²) in [6.45, 7) is 7.00. The highest BCUT2D eigenvalue weighted by molar-refractivity contribution is 5.84. The summed E-state index contributed by atoms with van der Waals surface area (Å²) in [5.74, 6) is 1.96. The van der Waals surface area contributed by atoms with Gasteiger partial charge in [0.15, 0.2) is 0 Å². The van der Waals surface area contributed by atoms with Gasteiger partial charge in [-0.15, -0.1) is 0 Å². The van der Waals surface area contributed by atoms with E-state index in [0.717, 1.165) is 18.1 Å². The summed E-state index contributed by atoms with van der Waals surface area (Å²) in [6, 6.07) is 10.8. The van der Waals surface area contributed by atoms with E-state index in [1.807, 2.05) is 26.2 Å². The third-order valence-electron chi connectivity index (χ3n) is 3.92. The van der Waals surface area contributed by atoms with Crippen LogP contribution in [0.2, 0.25) is 0 Å².